The van der Waals surface area contributed by atoms with Gasteiger partial charge in [0.25, 0.3) is 0 Å². The Kier molecular flexibility index (Phi) is 1.66. The van der Waals surface area contributed by atoms with Gasteiger partial charge in [-0.1, -0.05) is 0 Å². The number of amides is 1. The summed E-state index contributed by atoms with van der Waals surface area (Å²) in [4.78, 5) is 22.1. The molecule has 0 atom stereocenters. The Labute approximate surface area is 73.8 Å². The summed E-state index contributed by atoms with van der Waals surface area (Å²) >= 11 is 0. The van der Waals surface area contributed by atoms with Crippen molar-refractivity contribution in [3.8, 4) is 0 Å². The summed E-state index contributed by atoms with van der Waals surface area (Å²) in [5.74, 6) is 0. The predicted molar refractivity (Wildman–Crippen MR) is 45.2 cm³/mol. The molecule has 0 saturated carbocycles. The first kappa shape index (κ1) is 7.66. The molecule has 0 bridgehead atoms. The molecule has 0 saturated heterocycles. The molecule has 2 aromatic heterocycles. The fraction of sp³-hybridized carbons (Fsp3) is 0.143. The molecule has 0 spiro atoms. The molecule has 13 heavy (non-hydrogen) atoms. The summed E-state index contributed by atoms with van der Waals surface area (Å²) in [6.07, 6.45) is 6.19. The molecule has 2 heterocycles. The summed E-state index contributed by atoms with van der Waals surface area (Å²) in [6.45, 7) is 0. The van der Waals surface area contributed by atoms with Crippen LogP contribution >= 0.6 is 0 Å². The van der Waals surface area contributed by atoms with Crippen molar-refractivity contribution < 1.29 is 4.79 Å². The van der Waals surface area contributed by atoms with Gasteiger partial charge in [0.05, 0.1) is 6.20 Å². The van der Waals surface area contributed by atoms with Gasteiger partial charge in [-0.05, 0) is 0 Å². The second kappa shape index (κ2) is 2.81. The fourth-order valence-electron chi connectivity index (χ4n) is 1.03. The van der Waals surface area contributed by atoms with Crippen LogP contribution < -0.4 is 5.01 Å². The van der Waals surface area contributed by atoms with E-state index in [-0.39, 0.29) is 0 Å². The van der Waals surface area contributed by atoms with Crippen molar-refractivity contribution in [2.75, 3.05) is 12.1 Å². The fourth-order valence-corrected chi connectivity index (χ4v) is 1.03. The second-order valence-corrected chi connectivity index (χ2v) is 2.44. The minimum absolute atomic E-state index is 0.553. The van der Waals surface area contributed by atoms with Crippen molar-refractivity contribution in [3.05, 3.63) is 18.9 Å². The molecular formula is C7H6N5O. The molecule has 6 heteroatoms. The third kappa shape index (κ3) is 1.12. The number of carbonyl (C=O) groups excluding carboxylic acids is 1. The van der Waals surface area contributed by atoms with Crippen molar-refractivity contribution >= 4 is 17.6 Å². The number of nitrogens with zero attached hydrogens (tertiary/aromatic N) is 5. The Balaban J connectivity index is 2.64. The summed E-state index contributed by atoms with van der Waals surface area (Å²) < 4.78 is 1.52. The van der Waals surface area contributed by atoms with Crippen molar-refractivity contribution in [1.82, 2.24) is 19.6 Å². The number of aromatic nitrogens is 4. The Morgan fingerprint density at radius 3 is 3.15 bits per heavy atom. The van der Waals surface area contributed by atoms with E-state index in [1.165, 1.54) is 22.3 Å². The number of rotatable bonds is 2. The Morgan fingerprint density at radius 1 is 1.54 bits per heavy atom. The highest BCUT2D eigenvalue weighted by molar-refractivity contribution is 5.73. The van der Waals surface area contributed by atoms with Gasteiger partial charge >= 0.3 is 6.41 Å². The lowest BCUT2D eigenvalue weighted by atomic mass is 10.6. The van der Waals surface area contributed by atoms with Crippen LogP contribution in [0.5, 0.6) is 0 Å². The van der Waals surface area contributed by atoms with Gasteiger partial charge in [-0.3, -0.25) is 4.79 Å². The molecule has 0 N–H and O–H groups in total. The Morgan fingerprint density at radius 2 is 2.38 bits per heavy atom. The molecule has 0 aliphatic carbocycles. The van der Waals surface area contributed by atoms with E-state index in [9.17, 15) is 4.79 Å². The van der Waals surface area contributed by atoms with E-state index in [0.717, 1.165) is 0 Å². The number of hydrogen-bond acceptors (Lipinski definition) is 4. The van der Waals surface area contributed by atoms with E-state index in [2.05, 4.69) is 15.0 Å². The number of fused-ring (bicyclic) bond motifs is 1. The van der Waals surface area contributed by atoms with Gasteiger partial charge in [0.1, 0.15) is 18.2 Å². The van der Waals surface area contributed by atoms with Crippen LogP contribution in [0.2, 0.25) is 0 Å². The van der Waals surface area contributed by atoms with Gasteiger partial charge in [0, 0.05) is 7.05 Å². The molecule has 2 rings (SSSR count). The van der Waals surface area contributed by atoms with Crippen molar-refractivity contribution in [1.29, 1.82) is 0 Å². The van der Waals surface area contributed by atoms with Crippen LogP contribution in [0.3, 0.4) is 0 Å². The molecule has 2 aromatic rings. The topological polar surface area (TPSA) is 63.9 Å². The Bertz CT molecular complexity index is 437. The zero-order chi connectivity index (χ0) is 9.26. The van der Waals surface area contributed by atoms with Gasteiger partial charge in [0.2, 0.25) is 0 Å². The molecule has 0 fully saturated rings. The molecule has 0 aromatic carbocycles. The van der Waals surface area contributed by atoms with E-state index in [1.54, 1.807) is 19.7 Å². The molecular weight excluding hydrogens is 170 g/mol. The maximum absolute atomic E-state index is 10.4. The molecule has 0 aliphatic heterocycles. The highest BCUT2D eigenvalue weighted by atomic mass is 16.1. The van der Waals surface area contributed by atoms with E-state index in [4.69, 9.17) is 0 Å². The number of imidazole rings is 1. The first-order valence-electron chi connectivity index (χ1n) is 3.58. The van der Waals surface area contributed by atoms with Crippen LogP contribution in [0, 0.1) is 0 Å². The van der Waals surface area contributed by atoms with Gasteiger partial charge in [-0.15, -0.1) is 0 Å². The predicted octanol–water partition coefficient (Wildman–Crippen LogP) is -0.539. The van der Waals surface area contributed by atoms with E-state index in [0.29, 0.717) is 11.2 Å². The van der Waals surface area contributed by atoms with Crippen LogP contribution in [0.4, 0.5) is 0 Å². The van der Waals surface area contributed by atoms with Gasteiger partial charge in [0.15, 0.2) is 5.65 Å². The zero-order valence-corrected chi connectivity index (χ0v) is 6.88. The SMILES string of the molecule is CN([C]=O)n1cnc2ncncc21. The smallest absolute Gasteiger partial charge is 0.261 e. The first-order chi connectivity index (χ1) is 6.33. The summed E-state index contributed by atoms with van der Waals surface area (Å²) in [5.41, 5.74) is 1.23. The van der Waals surface area contributed by atoms with Crippen molar-refractivity contribution in [2.45, 2.75) is 0 Å². The summed E-state index contributed by atoms with van der Waals surface area (Å²) in [6, 6.07) is 0. The molecule has 6 nitrogen and oxygen atoms in total. The maximum atomic E-state index is 10.4. The third-order valence-corrected chi connectivity index (χ3v) is 1.66. The van der Waals surface area contributed by atoms with Crippen LogP contribution in [-0.4, -0.2) is 33.1 Å². The summed E-state index contributed by atoms with van der Waals surface area (Å²) in [5, 5.41) is 1.23. The molecule has 1 amide bonds. The van der Waals surface area contributed by atoms with Gasteiger partial charge in [-0.2, -0.15) is 0 Å². The second-order valence-electron chi connectivity index (χ2n) is 2.44. The maximum Gasteiger partial charge on any atom is 0.332 e. The van der Waals surface area contributed by atoms with E-state index in [1.807, 2.05) is 0 Å². The largest absolute Gasteiger partial charge is 0.332 e. The lowest BCUT2D eigenvalue weighted by Crippen LogP contribution is -2.27. The van der Waals surface area contributed by atoms with Gasteiger partial charge in [-0.25, -0.2) is 24.6 Å². The molecule has 0 aliphatic rings. The zero-order valence-electron chi connectivity index (χ0n) is 6.88. The standard InChI is InChI=1S/C7H6N5O/c1-11(5-13)12-4-10-7-6(12)2-8-3-9-7/h2-4H,1H3. The number of hydrogen-bond donors (Lipinski definition) is 0. The minimum atomic E-state index is 0.553. The summed E-state index contributed by atoms with van der Waals surface area (Å²) in [7, 11) is 1.57. The molecule has 65 valence electrons. The normalized spacial score (nSPS) is 10.2. The average Bonchev–Trinajstić information content (AvgIpc) is 2.60. The lowest BCUT2D eigenvalue weighted by molar-refractivity contribution is 0.542. The van der Waals surface area contributed by atoms with Gasteiger partial charge < -0.3 is 0 Å². The Hall–Kier alpha value is -1.98. The molecule has 0 unspecified atom stereocenters. The lowest BCUT2D eigenvalue weighted by Gasteiger charge is -2.09. The van der Waals surface area contributed by atoms with Crippen LogP contribution in [0.1, 0.15) is 0 Å². The molecule has 1 radical (unpaired) electrons. The quantitative estimate of drug-likeness (QED) is 0.576. The van der Waals surface area contributed by atoms with Crippen LogP contribution in [0.15, 0.2) is 18.9 Å². The first-order valence-corrected chi connectivity index (χ1v) is 3.58. The van der Waals surface area contributed by atoms with E-state index >= 15 is 0 Å². The average molecular weight is 176 g/mol. The van der Waals surface area contributed by atoms with E-state index < -0.39 is 0 Å². The highest BCUT2D eigenvalue weighted by Gasteiger charge is 2.05. The van der Waals surface area contributed by atoms with Crippen LogP contribution in [0.25, 0.3) is 11.2 Å². The highest BCUT2D eigenvalue weighted by Crippen LogP contribution is 2.06. The minimum Gasteiger partial charge on any atom is -0.261 e. The van der Waals surface area contributed by atoms with Crippen LogP contribution in [-0.2, 0) is 4.79 Å². The monoisotopic (exact) mass is 176 g/mol. The van der Waals surface area contributed by atoms with Crippen molar-refractivity contribution in [2.24, 2.45) is 0 Å². The van der Waals surface area contributed by atoms with Crippen molar-refractivity contribution in [3.63, 3.8) is 0 Å². The third-order valence-electron chi connectivity index (χ3n) is 1.66.